The monoisotopic (exact) mass is 286 g/mol. The van der Waals surface area contributed by atoms with Crippen LogP contribution in [0.4, 0.5) is 5.69 Å². The van der Waals surface area contributed by atoms with Crippen LogP contribution in [0.15, 0.2) is 24.3 Å². The number of nitrogens with zero attached hydrogens (tertiary/aromatic N) is 1. The summed E-state index contributed by atoms with van der Waals surface area (Å²) in [5.41, 5.74) is 8.58. The van der Waals surface area contributed by atoms with Crippen LogP contribution in [0.2, 0.25) is 0 Å². The van der Waals surface area contributed by atoms with Gasteiger partial charge in [-0.15, -0.1) is 11.3 Å². The molecule has 1 aromatic carbocycles. The summed E-state index contributed by atoms with van der Waals surface area (Å²) < 4.78 is 5.02. The van der Waals surface area contributed by atoms with Gasteiger partial charge in [0.05, 0.1) is 17.8 Å². The third-order valence-electron chi connectivity index (χ3n) is 3.13. The summed E-state index contributed by atoms with van der Waals surface area (Å²) in [5.74, 6) is -0.381. The van der Waals surface area contributed by atoms with Crippen LogP contribution in [0.25, 0.3) is 21.1 Å². The van der Waals surface area contributed by atoms with E-state index in [1.807, 2.05) is 31.2 Å². The SMILES string of the molecule is CCOC(=O)c1sc2nc3cc(C)ccc3cc2c1N. The maximum Gasteiger partial charge on any atom is 0.350 e. The number of hydrogen-bond acceptors (Lipinski definition) is 5. The van der Waals surface area contributed by atoms with Crippen LogP contribution < -0.4 is 5.73 Å². The summed E-state index contributed by atoms with van der Waals surface area (Å²) in [7, 11) is 0. The van der Waals surface area contributed by atoms with E-state index in [9.17, 15) is 4.79 Å². The zero-order valence-corrected chi connectivity index (χ0v) is 12.1. The number of ether oxygens (including phenoxy) is 1. The molecule has 0 atom stereocenters. The Bertz CT molecular complexity index is 823. The molecule has 0 radical (unpaired) electrons. The quantitative estimate of drug-likeness (QED) is 0.732. The van der Waals surface area contributed by atoms with E-state index in [0.29, 0.717) is 17.2 Å². The third kappa shape index (κ3) is 2.00. The minimum atomic E-state index is -0.381. The first kappa shape index (κ1) is 12.9. The smallest absolute Gasteiger partial charge is 0.350 e. The third-order valence-corrected chi connectivity index (χ3v) is 4.23. The fourth-order valence-electron chi connectivity index (χ4n) is 2.15. The lowest BCUT2D eigenvalue weighted by Gasteiger charge is -2.00. The zero-order chi connectivity index (χ0) is 14.3. The van der Waals surface area contributed by atoms with Gasteiger partial charge in [-0.05, 0) is 31.5 Å². The van der Waals surface area contributed by atoms with Crippen molar-refractivity contribution < 1.29 is 9.53 Å². The number of carbonyl (C=O) groups is 1. The zero-order valence-electron chi connectivity index (χ0n) is 11.3. The molecule has 0 unspecified atom stereocenters. The minimum absolute atomic E-state index is 0.334. The number of nitrogens with two attached hydrogens (primary N) is 1. The molecular formula is C15H14N2O2S. The number of anilines is 1. The van der Waals surface area contributed by atoms with Gasteiger partial charge in [0.15, 0.2) is 0 Å². The summed E-state index contributed by atoms with van der Waals surface area (Å²) >= 11 is 1.28. The van der Waals surface area contributed by atoms with Crippen molar-refractivity contribution in [3.8, 4) is 0 Å². The van der Waals surface area contributed by atoms with Crippen molar-refractivity contribution >= 4 is 44.1 Å². The van der Waals surface area contributed by atoms with Gasteiger partial charge in [0, 0.05) is 10.8 Å². The molecule has 0 aliphatic heterocycles. The summed E-state index contributed by atoms with van der Waals surface area (Å²) in [4.78, 5) is 17.7. The van der Waals surface area contributed by atoms with Crippen LogP contribution in [0.5, 0.6) is 0 Å². The number of nitrogen functional groups attached to an aromatic ring is 1. The average Bonchev–Trinajstić information content (AvgIpc) is 2.73. The van der Waals surface area contributed by atoms with Crippen LogP contribution in [0.1, 0.15) is 22.2 Å². The average molecular weight is 286 g/mol. The molecule has 0 spiro atoms. The standard InChI is InChI=1S/C15H14N2O2S/c1-3-19-15(18)13-12(16)10-7-9-5-4-8(2)6-11(9)17-14(10)20-13/h4-7H,3,16H2,1-2H3. The summed E-state index contributed by atoms with van der Waals surface area (Å²) in [6.07, 6.45) is 0. The highest BCUT2D eigenvalue weighted by molar-refractivity contribution is 7.21. The van der Waals surface area contributed by atoms with Crippen molar-refractivity contribution in [1.82, 2.24) is 4.98 Å². The van der Waals surface area contributed by atoms with Crippen LogP contribution in [0, 0.1) is 6.92 Å². The van der Waals surface area contributed by atoms with E-state index >= 15 is 0 Å². The second-order valence-electron chi connectivity index (χ2n) is 4.60. The van der Waals surface area contributed by atoms with Gasteiger partial charge in [0.1, 0.15) is 9.71 Å². The van der Waals surface area contributed by atoms with Crippen molar-refractivity contribution in [3.63, 3.8) is 0 Å². The Morgan fingerprint density at radius 3 is 2.95 bits per heavy atom. The van der Waals surface area contributed by atoms with E-state index in [4.69, 9.17) is 10.5 Å². The molecule has 4 nitrogen and oxygen atoms in total. The van der Waals surface area contributed by atoms with Crippen molar-refractivity contribution in [3.05, 3.63) is 34.7 Å². The van der Waals surface area contributed by atoms with E-state index in [1.54, 1.807) is 6.92 Å². The van der Waals surface area contributed by atoms with E-state index in [2.05, 4.69) is 4.98 Å². The molecule has 0 aliphatic carbocycles. The fraction of sp³-hybridized carbons (Fsp3) is 0.200. The van der Waals surface area contributed by atoms with Crippen LogP contribution in [-0.2, 0) is 4.74 Å². The molecule has 3 rings (SSSR count). The summed E-state index contributed by atoms with van der Waals surface area (Å²) in [6, 6.07) is 8.04. The highest BCUT2D eigenvalue weighted by atomic mass is 32.1. The fourth-order valence-corrected chi connectivity index (χ4v) is 3.13. The van der Waals surface area contributed by atoms with Gasteiger partial charge < -0.3 is 10.5 Å². The summed E-state index contributed by atoms with van der Waals surface area (Å²) in [6.45, 7) is 4.13. The van der Waals surface area contributed by atoms with Gasteiger partial charge in [-0.2, -0.15) is 0 Å². The molecule has 0 saturated heterocycles. The van der Waals surface area contributed by atoms with Crippen molar-refractivity contribution in [2.45, 2.75) is 13.8 Å². The Hall–Kier alpha value is -2.14. The van der Waals surface area contributed by atoms with Crippen LogP contribution in [-0.4, -0.2) is 17.6 Å². The van der Waals surface area contributed by atoms with Gasteiger partial charge in [0.25, 0.3) is 0 Å². The predicted molar refractivity (Wildman–Crippen MR) is 82.2 cm³/mol. The minimum Gasteiger partial charge on any atom is -0.462 e. The lowest BCUT2D eigenvalue weighted by molar-refractivity contribution is 0.0533. The second kappa shape index (κ2) is 4.76. The first-order valence-electron chi connectivity index (χ1n) is 6.36. The van der Waals surface area contributed by atoms with Gasteiger partial charge in [0.2, 0.25) is 0 Å². The van der Waals surface area contributed by atoms with Gasteiger partial charge in [-0.1, -0.05) is 12.1 Å². The molecule has 5 heteroatoms. The molecule has 20 heavy (non-hydrogen) atoms. The first-order valence-corrected chi connectivity index (χ1v) is 7.18. The molecule has 0 fully saturated rings. The Labute approximate surface area is 120 Å². The number of aromatic nitrogens is 1. The largest absolute Gasteiger partial charge is 0.462 e. The highest BCUT2D eigenvalue weighted by Crippen LogP contribution is 2.35. The maximum absolute atomic E-state index is 11.9. The van der Waals surface area contributed by atoms with Crippen LogP contribution in [0.3, 0.4) is 0 Å². The van der Waals surface area contributed by atoms with Crippen molar-refractivity contribution in [2.24, 2.45) is 0 Å². The molecule has 2 aromatic heterocycles. The lowest BCUT2D eigenvalue weighted by Crippen LogP contribution is -2.04. The number of hydrogen-bond donors (Lipinski definition) is 1. The Morgan fingerprint density at radius 2 is 2.20 bits per heavy atom. The van der Waals surface area contributed by atoms with E-state index in [1.165, 1.54) is 11.3 Å². The molecule has 0 saturated carbocycles. The maximum atomic E-state index is 11.9. The Balaban J connectivity index is 2.25. The Kier molecular flexibility index (Phi) is 3.06. The normalized spacial score (nSPS) is 11.1. The molecule has 2 heterocycles. The number of pyridine rings is 1. The molecular weight excluding hydrogens is 272 g/mol. The van der Waals surface area contributed by atoms with Crippen molar-refractivity contribution in [2.75, 3.05) is 12.3 Å². The Morgan fingerprint density at radius 1 is 1.40 bits per heavy atom. The van der Waals surface area contributed by atoms with Crippen molar-refractivity contribution in [1.29, 1.82) is 0 Å². The highest BCUT2D eigenvalue weighted by Gasteiger charge is 2.18. The van der Waals surface area contributed by atoms with Gasteiger partial charge in [-0.25, -0.2) is 9.78 Å². The second-order valence-corrected chi connectivity index (χ2v) is 5.60. The number of rotatable bonds is 2. The topological polar surface area (TPSA) is 65.2 Å². The number of aryl methyl sites for hydroxylation is 1. The molecule has 3 aromatic rings. The number of benzene rings is 1. The van der Waals surface area contributed by atoms with Gasteiger partial charge >= 0.3 is 5.97 Å². The molecule has 0 amide bonds. The van der Waals surface area contributed by atoms with Gasteiger partial charge in [-0.3, -0.25) is 0 Å². The van der Waals surface area contributed by atoms with E-state index < -0.39 is 0 Å². The molecule has 0 aliphatic rings. The number of carbonyl (C=O) groups excluding carboxylic acids is 1. The predicted octanol–water partition coefficient (Wildman–Crippen LogP) is 3.52. The summed E-state index contributed by atoms with van der Waals surface area (Å²) in [5, 5.41) is 1.83. The lowest BCUT2D eigenvalue weighted by atomic mass is 10.1. The van der Waals surface area contributed by atoms with E-state index in [0.717, 1.165) is 26.7 Å². The first-order chi connectivity index (χ1) is 9.60. The number of fused-ring (bicyclic) bond motifs is 2. The number of esters is 1. The molecule has 2 N–H and O–H groups in total. The van der Waals surface area contributed by atoms with Crippen LogP contribution >= 0.6 is 11.3 Å². The molecule has 102 valence electrons. The van der Waals surface area contributed by atoms with E-state index in [-0.39, 0.29) is 5.97 Å². The number of thiophene rings is 1. The molecule has 0 bridgehead atoms.